The van der Waals surface area contributed by atoms with Crippen LogP contribution in [0.5, 0.6) is 0 Å². The number of benzene rings is 1. The van der Waals surface area contributed by atoms with Gasteiger partial charge < -0.3 is 10.4 Å². The lowest BCUT2D eigenvalue weighted by molar-refractivity contribution is -0.190. The van der Waals surface area contributed by atoms with Crippen molar-refractivity contribution in [3.8, 4) is 0 Å². The van der Waals surface area contributed by atoms with Gasteiger partial charge in [0.25, 0.3) is 0 Å². The number of carbonyl (C=O) groups is 1. The third-order valence-corrected chi connectivity index (χ3v) is 3.30. The molecule has 8 heteroatoms. The van der Waals surface area contributed by atoms with Gasteiger partial charge in [-0.3, -0.25) is 4.79 Å². The van der Waals surface area contributed by atoms with Gasteiger partial charge in [0, 0.05) is 21.2 Å². The number of rotatable bonds is 4. The number of carboxylic acids is 1. The third kappa shape index (κ3) is 4.16. The Kier molecular flexibility index (Phi) is 5.03. The number of carboxylic acid groups (broad SMARTS) is 1. The van der Waals surface area contributed by atoms with Gasteiger partial charge in [-0.1, -0.05) is 15.9 Å². The van der Waals surface area contributed by atoms with Crippen molar-refractivity contribution in [1.82, 2.24) is 0 Å². The van der Waals surface area contributed by atoms with Crippen LogP contribution in [-0.2, 0) is 4.79 Å². The van der Waals surface area contributed by atoms with Gasteiger partial charge >= 0.3 is 12.1 Å². The van der Waals surface area contributed by atoms with Gasteiger partial charge in [-0.25, -0.2) is 0 Å². The molecule has 18 heavy (non-hydrogen) atoms. The summed E-state index contributed by atoms with van der Waals surface area (Å²) in [6.45, 7) is -0.728. The highest BCUT2D eigenvalue weighted by molar-refractivity contribution is 9.11. The van der Waals surface area contributed by atoms with Crippen molar-refractivity contribution in [2.75, 3.05) is 11.9 Å². The first-order valence-electron chi connectivity index (χ1n) is 4.70. The molecule has 0 heterocycles. The molecule has 1 aromatic carbocycles. The molecule has 3 nitrogen and oxygen atoms in total. The van der Waals surface area contributed by atoms with E-state index in [4.69, 9.17) is 5.11 Å². The molecule has 0 aliphatic carbocycles. The standard InChI is InChI=1S/C10H8Br2F3NO2/c11-5-1-2-7(12)8(3-5)16-4-6(9(17)18)10(13,14)15/h1-3,6,16H,4H2,(H,17,18). The van der Waals surface area contributed by atoms with E-state index in [1.54, 1.807) is 18.2 Å². The summed E-state index contributed by atoms with van der Waals surface area (Å²) in [5.74, 6) is -4.34. The van der Waals surface area contributed by atoms with Gasteiger partial charge in [-0.15, -0.1) is 0 Å². The molecule has 0 aliphatic heterocycles. The van der Waals surface area contributed by atoms with Crippen molar-refractivity contribution in [1.29, 1.82) is 0 Å². The molecule has 2 N–H and O–H groups in total. The Bertz CT molecular complexity index is 451. The van der Waals surface area contributed by atoms with Crippen LogP contribution in [-0.4, -0.2) is 23.8 Å². The lowest BCUT2D eigenvalue weighted by Gasteiger charge is -2.17. The molecule has 1 unspecified atom stereocenters. The molecule has 0 fully saturated rings. The lowest BCUT2D eigenvalue weighted by Crippen LogP contribution is -2.36. The van der Waals surface area contributed by atoms with Gasteiger partial charge in [0.1, 0.15) is 0 Å². The molecular weight excluding hydrogens is 383 g/mol. The zero-order valence-corrected chi connectivity index (χ0v) is 11.9. The fourth-order valence-electron chi connectivity index (χ4n) is 1.19. The van der Waals surface area contributed by atoms with Crippen LogP contribution in [0.25, 0.3) is 0 Å². The van der Waals surface area contributed by atoms with E-state index in [0.29, 0.717) is 14.6 Å². The minimum absolute atomic E-state index is 0.389. The van der Waals surface area contributed by atoms with E-state index in [0.717, 1.165) is 0 Å². The molecule has 1 aromatic rings. The van der Waals surface area contributed by atoms with Crippen molar-refractivity contribution < 1.29 is 23.1 Å². The SMILES string of the molecule is O=C(O)C(CNc1cc(Br)ccc1Br)C(F)(F)F. The van der Waals surface area contributed by atoms with Crippen LogP contribution in [0, 0.1) is 5.92 Å². The first-order valence-corrected chi connectivity index (χ1v) is 6.29. The van der Waals surface area contributed by atoms with E-state index in [-0.39, 0.29) is 0 Å². The van der Waals surface area contributed by atoms with Gasteiger partial charge in [-0.05, 0) is 34.1 Å². The summed E-state index contributed by atoms with van der Waals surface area (Å²) in [6, 6.07) is 4.89. The third-order valence-electron chi connectivity index (χ3n) is 2.12. The Morgan fingerprint density at radius 3 is 2.50 bits per heavy atom. The topological polar surface area (TPSA) is 49.3 Å². The average Bonchev–Trinajstić information content (AvgIpc) is 2.20. The normalized spacial score (nSPS) is 13.2. The maximum absolute atomic E-state index is 12.4. The van der Waals surface area contributed by atoms with Crippen LogP contribution in [0.1, 0.15) is 0 Å². The Morgan fingerprint density at radius 2 is 2.00 bits per heavy atom. The van der Waals surface area contributed by atoms with Crippen LogP contribution in [0.3, 0.4) is 0 Å². The predicted octanol–water partition coefficient (Wildman–Crippen LogP) is 3.89. The van der Waals surface area contributed by atoms with Crippen LogP contribution >= 0.6 is 31.9 Å². The maximum atomic E-state index is 12.4. The van der Waals surface area contributed by atoms with Crippen LogP contribution in [0.4, 0.5) is 18.9 Å². The summed E-state index contributed by atoms with van der Waals surface area (Å²) < 4.78 is 38.5. The molecule has 0 radical (unpaired) electrons. The quantitative estimate of drug-likeness (QED) is 0.820. The molecule has 0 amide bonds. The number of hydrogen-bond acceptors (Lipinski definition) is 2. The number of hydrogen-bond donors (Lipinski definition) is 2. The molecule has 0 spiro atoms. The summed E-state index contributed by atoms with van der Waals surface area (Å²) in [6.07, 6.45) is -4.78. The largest absolute Gasteiger partial charge is 0.481 e. The second-order valence-corrected chi connectivity index (χ2v) is 5.21. The molecule has 0 saturated carbocycles. The van der Waals surface area contributed by atoms with Crippen molar-refractivity contribution >= 4 is 43.5 Å². The maximum Gasteiger partial charge on any atom is 0.403 e. The molecule has 0 aliphatic rings. The Morgan fingerprint density at radius 1 is 1.39 bits per heavy atom. The summed E-state index contributed by atoms with van der Waals surface area (Å²) in [5.41, 5.74) is 0.389. The highest BCUT2D eigenvalue weighted by atomic mass is 79.9. The Hall–Kier alpha value is -0.760. The number of anilines is 1. The highest BCUT2D eigenvalue weighted by Crippen LogP contribution is 2.29. The summed E-state index contributed by atoms with van der Waals surface area (Å²) in [4.78, 5) is 10.5. The van der Waals surface area contributed by atoms with Crippen molar-refractivity contribution in [2.45, 2.75) is 6.18 Å². The number of aliphatic carboxylic acids is 1. The van der Waals surface area contributed by atoms with Crippen molar-refractivity contribution in [3.05, 3.63) is 27.1 Å². The van der Waals surface area contributed by atoms with E-state index in [2.05, 4.69) is 37.2 Å². The fraction of sp³-hybridized carbons (Fsp3) is 0.300. The van der Waals surface area contributed by atoms with Gasteiger partial charge in [0.2, 0.25) is 0 Å². The fourth-order valence-corrected chi connectivity index (χ4v) is 1.94. The van der Waals surface area contributed by atoms with Gasteiger partial charge in [0.15, 0.2) is 5.92 Å². The predicted molar refractivity (Wildman–Crippen MR) is 67.5 cm³/mol. The van der Waals surface area contributed by atoms with E-state index in [1.165, 1.54) is 0 Å². The first-order chi connectivity index (χ1) is 8.21. The second-order valence-electron chi connectivity index (χ2n) is 3.44. The summed E-state index contributed by atoms with van der Waals surface area (Å²) in [7, 11) is 0. The van der Waals surface area contributed by atoms with E-state index < -0.39 is 24.6 Å². The van der Waals surface area contributed by atoms with Crippen LogP contribution in [0.15, 0.2) is 27.1 Å². The average molecular weight is 391 g/mol. The molecule has 1 rings (SSSR count). The Labute approximate surface area is 118 Å². The zero-order valence-electron chi connectivity index (χ0n) is 8.76. The Balaban J connectivity index is 2.79. The van der Waals surface area contributed by atoms with Crippen LogP contribution < -0.4 is 5.32 Å². The molecule has 100 valence electrons. The highest BCUT2D eigenvalue weighted by Gasteiger charge is 2.44. The second kappa shape index (κ2) is 5.92. The minimum Gasteiger partial charge on any atom is -0.481 e. The van der Waals surface area contributed by atoms with Gasteiger partial charge in [0.05, 0.1) is 0 Å². The molecule has 1 atom stereocenters. The molecule has 0 bridgehead atoms. The van der Waals surface area contributed by atoms with E-state index >= 15 is 0 Å². The van der Waals surface area contributed by atoms with E-state index in [1.807, 2.05) is 0 Å². The number of alkyl halides is 3. The number of halogens is 5. The van der Waals surface area contributed by atoms with Crippen molar-refractivity contribution in [3.63, 3.8) is 0 Å². The first kappa shape index (κ1) is 15.3. The molecule has 0 saturated heterocycles. The summed E-state index contributed by atoms with van der Waals surface area (Å²) in [5, 5.41) is 11.0. The zero-order chi connectivity index (χ0) is 13.9. The molecule has 0 aromatic heterocycles. The monoisotopic (exact) mass is 389 g/mol. The van der Waals surface area contributed by atoms with E-state index in [9.17, 15) is 18.0 Å². The lowest BCUT2D eigenvalue weighted by atomic mass is 10.1. The molecular formula is C10H8Br2F3NO2. The minimum atomic E-state index is -4.78. The number of nitrogens with one attached hydrogen (secondary N) is 1. The summed E-state index contributed by atoms with van der Waals surface area (Å²) >= 11 is 6.33. The van der Waals surface area contributed by atoms with Crippen LogP contribution in [0.2, 0.25) is 0 Å². The smallest absolute Gasteiger partial charge is 0.403 e. The van der Waals surface area contributed by atoms with Gasteiger partial charge in [-0.2, -0.15) is 13.2 Å². The van der Waals surface area contributed by atoms with Crippen molar-refractivity contribution in [2.24, 2.45) is 5.92 Å².